The lowest BCUT2D eigenvalue weighted by Gasteiger charge is -2.16. The van der Waals surface area contributed by atoms with Crippen molar-refractivity contribution in [2.75, 3.05) is 6.61 Å². The molecule has 1 aromatic carbocycles. The maximum absolute atomic E-state index is 9.66. The molecule has 120 valence electrons. The average Bonchev–Trinajstić information content (AvgIpc) is 3.00. The first kappa shape index (κ1) is 15.6. The van der Waals surface area contributed by atoms with Gasteiger partial charge in [-0.05, 0) is 36.1 Å². The second kappa shape index (κ2) is 6.89. The van der Waals surface area contributed by atoms with Crippen molar-refractivity contribution in [1.29, 1.82) is 0 Å². The molecule has 0 spiro atoms. The van der Waals surface area contributed by atoms with E-state index in [1.165, 1.54) is 5.56 Å². The fourth-order valence-corrected chi connectivity index (χ4v) is 2.66. The highest BCUT2D eigenvalue weighted by atomic mass is 16.3. The fraction of sp³-hybridized carbons (Fsp3) is 0.333. The summed E-state index contributed by atoms with van der Waals surface area (Å²) in [6, 6.07) is 10.2. The first-order valence-corrected chi connectivity index (χ1v) is 7.94. The second-order valence-corrected chi connectivity index (χ2v) is 5.72. The van der Waals surface area contributed by atoms with Crippen LogP contribution in [0.25, 0.3) is 11.2 Å². The molecule has 0 saturated carbocycles. The monoisotopic (exact) mass is 310 g/mol. The third-order valence-electron chi connectivity index (χ3n) is 4.14. The SMILES string of the molecule is CCc1ccc(C(CO)NCc2nc3nccc(C)c3[nH]2)cc1. The van der Waals surface area contributed by atoms with Crippen LogP contribution in [0, 0.1) is 6.92 Å². The summed E-state index contributed by atoms with van der Waals surface area (Å²) in [5, 5.41) is 13.0. The molecule has 0 bridgehead atoms. The third-order valence-corrected chi connectivity index (χ3v) is 4.14. The van der Waals surface area contributed by atoms with Crippen molar-refractivity contribution in [1.82, 2.24) is 20.3 Å². The number of nitrogens with one attached hydrogen (secondary N) is 2. The van der Waals surface area contributed by atoms with Crippen LogP contribution in [0.1, 0.15) is 35.5 Å². The highest BCUT2D eigenvalue weighted by Gasteiger charge is 2.12. The van der Waals surface area contributed by atoms with Crippen LogP contribution in [0.2, 0.25) is 0 Å². The van der Waals surface area contributed by atoms with E-state index < -0.39 is 0 Å². The molecule has 2 heterocycles. The summed E-state index contributed by atoms with van der Waals surface area (Å²) in [4.78, 5) is 12.1. The first-order chi connectivity index (χ1) is 11.2. The maximum atomic E-state index is 9.66. The lowest BCUT2D eigenvalue weighted by molar-refractivity contribution is 0.243. The largest absolute Gasteiger partial charge is 0.394 e. The number of hydrogen-bond acceptors (Lipinski definition) is 4. The molecular formula is C18H22N4O. The van der Waals surface area contributed by atoms with Gasteiger partial charge < -0.3 is 15.4 Å². The number of H-pyrrole nitrogens is 1. The van der Waals surface area contributed by atoms with Crippen LogP contribution in [0.5, 0.6) is 0 Å². The summed E-state index contributed by atoms with van der Waals surface area (Å²) in [6.07, 6.45) is 2.78. The summed E-state index contributed by atoms with van der Waals surface area (Å²) in [5.74, 6) is 0.824. The van der Waals surface area contributed by atoms with Gasteiger partial charge in [-0.15, -0.1) is 0 Å². The van der Waals surface area contributed by atoms with E-state index in [2.05, 4.69) is 51.5 Å². The van der Waals surface area contributed by atoms with Crippen molar-refractivity contribution in [3.8, 4) is 0 Å². The Hall–Kier alpha value is -2.24. The molecule has 0 aliphatic heterocycles. The molecule has 3 N–H and O–H groups in total. The molecule has 0 aliphatic carbocycles. The Kier molecular flexibility index (Phi) is 4.69. The molecule has 3 aromatic rings. The zero-order valence-electron chi connectivity index (χ0n) is 13.5. The second-order valence-electron chi connectivity index (χ2n) is 5.72. The Bertz CT molecular complexity index is 779. The molecule has 5 heteroatoms. The highest BCUT2D eigenvalue weighted by molar-refractivity contribution is 5.74. The number of aromatic nitrogens is 3. The van der Waals surface area contributed by atoms with Gasteiger partial charge >= 0.3 is 0 Å². The minimum Gasteiger partial charge on any atom is -0.394 e. The lowest BCUT2D eigenvalue weighted by Crippen LogP contribution is -2.24. The Labute approximate surface area is 135 Å². The van der Waals surface area contributed by atoms with Gasteiger partial charge in [0.1, 0.15) is 5.82 Å². The molecule has 0 radical (unpaired) electrons. The first-order valence-electron chi connectivity index (χ1n) is 7.94. The Morgan fingerprint density at radius 1 is 1.22 bits per heavy atom. The summed E-state index contributed by atoms with van der Waals surface area (Å²) in [5.41, 5.74) is 5.20. The van der Waals surface area contributed by atoms with E-state index in [0.29, 0.717) is 6.54 Å². The van der Waals surface area contributed by atoms with Crippen LogP contribution in [0.15, 0.2) is 36.5 Å². The van der Waals surface area contributed by atoms with Gasteiger partial charge in [-0.2, -0.15) is 0 Å². The number of fused-ring (bicyclic) bond motifs is 1. The van der Waals surface area contributed by atoms with Gasteiger partial charge in [-0.1, -0.05) is 31.2 Å². The number of pyridine rings is 1. The van der Waals surface area contributed by atoms with Gasteiger partial charge in [0.2, 0.25) is 0 Å². The lowest BCUT2D eigenvalue weighted by atomic mass is 10.0. The minimum absolute atomic E-state index is 0.0446. The number of hydrogen-bond donors (Lipinski definition) is 3. The number of imidazole rings is 1. The standard InChI is InChI=1S/C18H22N4O/c1-3-13-4-6-14(7-5-13)15(11-23)20-10-16-21-17-12(2)8-9-19-18(17)22-16/h4-9,15,20,23H,3,10-11H2,1-2H3,(H,19,21,22). The topological polar surface area (TPSA) is 73.8 Å². The summed E-state index contributed by atoms with van der Waals surface area (Å²) >= 11 is 0. The van der Waals surface area contributed by atoms with E-state index >= 15 is 0 Å². The molecule has 1 atom stereocenters. The van der Waals surface area contributed by atoms with E-state index in [-0.39, 0.29) is 12.6 Å². The van der Waals surface area contributed by atoms with E-state index in [1.807, 2.05) is 13.0 Å². The van der Waals surface area contributed by atoms with Gasteiger partial charge in [-0.3, -0.25) is 0 Å². The molecule has 23 heavy (non-hydrogen) atoms. The summed E-state index contributed by atoms with van der Waals surface area (Å²) in [6.45, 7) is 4.76. The Morgan fingerprint density at radius 3 is 2.65 bits per heavy atom. The van der Waals surface area contributed by atoms with Gasteiger partial charge in [0.05, 0.1) is 24.7 Å². The average molecular weight is 310 g/mol. The fourth-order valence-electron chi connectivity index (χ4n) is 2.66. The van der Waals surface area contributed by atoms with Crippen LogP contribution in [0.3, 0.4) is 0 Å². The van der Waals surface area contributed by atoms with Crippen molar-refractivity contribution in [2.24, 2.45) is 0 Å². The van der Waals surface area contributed by atoms with Gasteiger partial charge in [-0.25, -0.2) is 9.97 Å². The molecule has 5 nitrogen and oxygen atoms in total. The van der Waals surface area contributed by atoms with Crippen LogP contribution < -0.4 is 5.32 Å². The van der Waals surface area contributed by atoms with Crippen LogP contribution in [0.4, 0.5) is 0 Å². The van der Waals surface area contributed by atoms with E-state index in [4.69, 9.17) is 0 Å². The third kappa shape index (κ3) is 3.41. The number of benzene rings is 1. The van der Waals surface area contributed by atoms with Crippen LogP contribution in [-0.2, 0) is 13.0 Å². The van der Waals surface area contributed by atoms with Crippen LogP contribution in [-0.4, -0.2) is 26.7 Å². The smallest absolute Gasteiger partial charge is 0.178 e. The molecule has 0 amide bonds. The van der Waals surface area contributed by atoms with E-state index in [1.54, 1.807) is 6.20 Å². The quantitative estimate of drug-likeness (QED) is 0.654. The molecular weight excluding hydrogens is 288 g/mol. The van der Waals surface area contributed by atoms with Gasteiger partial charge in [0.15, 0.2) is 5.65 Å². The maximum Gasteiger partial charge on any atom is 0.178 e. The zero-order chi connectivity index (χ0) is 16.2. The number of aliphatic hydroxyl groups is 1. The summed E-state index contributed by atoms with van der Waals surface area (Å²) < 4.78 is 0. The number of aromatic amines is 1. The molecule has 0 aliphatic rings. The number of aryl methyl sites for hydroxylation is 2. The van der Waals surface area contributed by atoms with Gasteiger partial charge in [0, 0.05) is 6.20 Å². The van der Waals surface area contributed by atoms with Crippen molar-refractivity contribution in [3.63, 3.8) is 0 Å². The Morgan fingerprint density at radius 2 is 2.00 bits per heavy atom. The molecule has 3 rings (SSSR count). The predicted octanol–water partition coefficient (Wildman–Crippen LogP) is 2.65. The number of aliphatic hydroxyl groups excluding tert-OH is 1. The molecule has 0 fully saturated rings. The van der Waals surface area contributed by atoms with E-state index in [0.717, 1.165) is 34.5 Å². The van der Waals surface area contributed by atoms with Gasteiger partial charge in [0.25, 0.3) is 0 Å². The highest BCUT2D eigenvalue weighted by Crippen LogP contribution is 2.16. The molecule has 0 saturated heterocycles. The van der Waals surface area contributed by atoms with Crippen molar-refractivity contribution in [2.45, 2.75) is 32.9 Å². The minimum atomic E-state index is -0.108. The van der Waals surface area contributed by atoms with Crippen molar-refractivity contribution < 1.29 is 5.11 Å². The van der Waals surface area contributed by atoms with Crippen molar-refractivity contribution >= 4 is 11.2 Å². The zero-order valence-corrected chi connectivity index (χ0v) is 13.5. The predicted molar refractivity (Wildman–Crippen MR) is 91.1 cm³/mol. The number of rotatable bonds is 6. The molecule has 2 aromatic heterocycles. The normalized spacial score (nSPS) is 12.7. The Balaban J connectivity index is 1.72. The van der Waals surface area contributed by atoms with Crippen LogP contribution >= 0.6 is 0 Å². The van der Waals surface area contributed by atoms with Crippen molar-refractivity contribution in [3.05, 3.63) is 59.0 Å². The number of nitrogens with zero attached hydrogens (tertiary/aromatic N) is 2. The molecule has 1 unspecified atom stereocenters. The van der Waals surface area contributed by atoms with E-state index in [9.17, 15) is 5.11 Å². The summed E-state index contributed by atoms with van der Waals surface area (Å²) in [7, 11) is 0.